The molecule has 0 heterocycles. The Morgan fingerprint density at radius 3 is 2.17 bits per heavy atom. The summed E-state index contributed by atoms with van der Waals surface area (Å²) in [6.45, 7) is 5.28. The Bertz CT molecular complexity index is 202. The Labute approximate surface area is 73.7 Å². The Morgan fingerprint density at radius 2 is 1.83 bits per heavy atom. The van der Waals surface area contributed by atoms with Gasteiger partial charge in [-0.25, -0.2) is 0 Å². The predicted octanol–water partition coefficient (Wildman–Crippen LogP) is 2.28. The minimum absolute atomic E-state index is 0.0523. The summed E-state index contributed by atoms with van der Waals surface area (Å²) in [6.07, 6.45) is 3.43. The molecule has 0 amide bonds. The normalized spacial score (nSPS) is 11.4. The molecule has 0 aromatic carbocycles. The maximum absolute atomic E-state index is 11.2. The zero-order valence-electron chi connectivity index (χ0n) is 8.02. The third kappa shape index (κ3) is 4.06. The van der Waals surface area contributed by atoms with Gasteiger partial charge in [0.2, 0.25) is 0 Å². The number of hydrogen-bond acceptors (Lipinski definition) is 2. The third-order valence-corrected chi connectivity index (χ3v) is 1.57. The van der Waals surface area contributed by atoms with Crippen LogP contribution in [0.2, 0.25) is 0 Å². The van der Waals surface area contributed by atoms with Gasteiger partial charge in [0.15, 0.2) is 5.78 Å². The first-order valence-electron chi connectivity index (χ1n) is 4.33. The van der Waals surface area contributed by atoms with Crippen molar-refractivity contribution in [2.45, 2.75) is 40.0 Å². The van der Waals surface area contributed by atoms with Gasteiger partial charge in [0, 0.05) is 12.8 Å². The van der Waals surface area contributed by atoms with Crippen molar-refractivity contribution >= 4 is 11.6 Å². The summed E-state index contributed by atoms with van der Waals surface area (Å²) in [4.78, 5) is 22.0. The summed E-state index contributed by atoms with van der Waals surface area (Å²) in [5.74, 6) is 0.142. The molecule has 2 heteroatoms. The van der Waals surface area contributed by atoms with E-state index >= 15 is 0 Å². The molecule has 2 nitrogen and oxygen atoms in total. The molecular weight excluding hydrogens is 152 g/mol. The summed E-state index contributed by atoms with van der Waals surface area (Å²) in [5.41, 5.74) is 0.674. The fourth-order valence-corrected chi connectivity index (χ4v) is 1.03. The molecular formula is C10H16O2. The van der Waals surface area contributed by atoms with Gasteiger partial charge in [-0.05, 0) is 18.9 Å². The van der Waals surface area contributed by atoms with Crippen LogP contribution in [0.5, 0.6) is 0 Å². The summed E-state index contributed by atoms with van der Waals surface area (Å²) in [7, 11) is 0. The highest BCUT2D eigenvalue weighted by Crippen LogP contribution is 2.07. The van der Waals surface area contributed by atoms with Crippen LogP contribution in [-0.2, 0) is 9.59 Å². The molecule has 0 N–H and O–H groups in total. The highest BCUT2D eigenvalue weighted by atomic mass is 16.1. The van der Waals surface area contributed by atoms with Gasteiger partial charge in [0.05, 0.1) is 0 Å². The summed E-state index contributed by atoms with van der Waals surface area (Å²) in [6, 6.07) is 0. The highest BCUT2D eigenvalue weighted by Gasteiger charge is 2.08. The molecule has 68 valence electrons. The van der Waals surface area contributed by atoms with Crippen LogP contribution in [0.15, 0.2) is 11.6 Å². The summed E-state index contributed by atoms with van der Waals surface area (Å²) < 4.78 is 0. The molecule has 12 heavy (non-hydrogen) atoms. The Morgan fingerprint density at radius 1 is 1.25 bits per heavy atom. The largest absolute Gasteiger partial charge is 0.300 e. The fourth-order valence-electron chi connectivity index (χ4n) is 1.03. The second-order valence-corrected chi connectivity index (χ2v) is 2.79. The second kappa shape index (κ2) is 5.70. The number of ketones is 2. The predicted molar refractivity (Wildman–Crippen MR) is 49.0 cm³/mol. The lowest BCUT2D eigenvalue weighted by Crippen LogP contribution is -2.04. The Hall–Kier alpha value is -0.920. The highest BCUT2D eigenvalue weighted by molar-refractivity contribution is 5.99. The second-order valence-electron chi connectivity index (χ2n) is 2.79. The molecule has 0 aromatic rings. The average molecular weight is 168 g/mol. The molecule has 0 spiro atoms. The number of rotatable bonds is 5. The van der Waals surface area contributed by atoms with Crippen molar-refractivity contribution in [3.8, 4) is 0 Å². The van der Waals surface area contributed by atoms with Gasteiger partial charge in [-0.1, -0.05) is 19.9 Å². The quantitative estimate of drug-likeness (QED) is 0.590. The van der Waals surface area contributed by atoms with E-state index in [1.807, 2.05) is 19.9 Å². The minimum atomic E-state index is 0.0523. The van der Waals surface area contributed by atoms with Crippen LogP contribution in [0.25, 0.3) is 0 Å². The molecule has 0 aliphatic heterocycles. The summed E-state index contributed by atoms with van der Waals surface area (Å²) >= 11 is 0. The van der Waals surface area contributed by atoms with Crippen LogP contribution in [0.3, 0.4) is 0 Å². The number of carbonyl (C=O) groups excluding carboxylic acids is 2. The van der Waals surface area contributed by atoms with Crippen molar-refractivity contribution in [2.75, 3.05) is 0 Å². The van der Waals surface area contributed by atoms with Crippen molar-refractivity contribution in [3.63, 3.8) is 0 Å². The van der Waals surface area contributed by atoms with Crippen molar-refractivity contribution in [1.82, 2.24) is 0 Å². The van der Waals surface area contributed by atoms with Crippen molar-refractivity contribution in [1.29, 1.82) is 0 Å². The lowest BCUT2D eigenvalue weighted by Gasteiger charge is -2.00. The van der Waals surface area contributed by atoms with Gasteiger partial charge in [-0.2, -0.15) is 0 Å². The van der Waals surface area contributed by atoms with Crippen LogP contribution >= 0.6 is 0 Å². The topological polar surface area (TPSA) is 34.1 Å². The maximum Gasteiger partial charge on any atom is 0.158 e. The number of Topliss-reactive ketones (excluding diaryl/α,β-unsaturated/α-hetero) is 2. The van der Waals surface area contributed by atoms with Crippen LogP contribution < -0.4 is 0 Å². The molecule has 0 aromatic heterocycles. The van der Waals surface area contributed by atoms with Gasteiger partial charge in [-0.3, -0.25) is 9.59 Å². The van der Waals surface area contributed by atoms with E-state index in [0.29, 0.717) is 18.4 Å². The molecule has 0 radical (unpaired) electrons. The van der Waals surface area contributed by atoms with Gasteiger partial charge in [0.1, 0.15) is 5.78 Å². The van der Waals surface area contributed by atoms with Gasteiger partial charge < -0.3 is 0 Å². The lowest BCUT2D eigenvalue weighted by atomic mass is 10.0. The smallest absolute Gasteiger partial charge is 0.158 e. The van der Waals surface area contributed by atoms with Crippen LogP contribution in [0.4, 0.5) is 0 Å². The van der Waals surface area contributed by atoms with E-state index in [9.17, 15) is 9.59 Å². The van der Waals surface area contributed by atoms with Gasteiger partial charge in [0.25, 0.3) is 0 Å². The SMILES string of the molecule is CC/C=C(\CC(C)=O)C(=O)CC. The number of carbonyl (C=O) groups is 2. The molecule has 0 saturated heterocycles. The standard InChI is InChI=1S/C10H16O2/c1-4-6-9(7-8(3)11)10(12)5-2/h6H,4-5,7H2,1-3H3/b9-6+. The molecule has 0 saturated carbocycles. The van der Waals surface area contributed by atoms with Crippen molar-refractivity contribution in [3.05, 3.63) is 11.6 Å². The van der Waals surface area contributed by atoms with E-state index in [1.165, 1.54) is 6.92 Å². The average Bonchev–Trinajstić information content (AvgIpc) is 2.01. The number of hydrogen-bond donors (Lipinski definition) is 0. The molecule has 0 rings (SSSR count). The van der Waals surface area contributed by atoms with Crippen LogP contribution in [0.1, 0.15) is 40.0 Å². The van der Waals surface area contributed by atoms with E-state index < -0.39 is 0 Å². The van der Waals surface area contributed by atoms with Crippen LogP contribution in [0, 0.1) is 0 Å². The third-order valence-electron chi connectivity index (χ3n) is 1.57. The van der Waals surface area contributed by atoms with Crippen molar-refractivity contribution in [2.24, 2.45) is 0 Å². The van der Waals surface area contributed by atoms with E-state index in [4.69, 9.17) is 0 Å². The zero-order valence-corrected chi connectivity index (χ0v) is 8.02. The maximum atomic E-state index is 11.2. The van der Waals surface area contributed by atoms with E-state index in [1.54, 1.807) is 0 Å². The van der Waals surface area contributed by atoms with Crippen LogP contribution in [-0.4, -0.2) is 11.6 Å². The first-order chi connectivity index (χ1) is 5.61. The zero-order chi connectivity index (χ0) is 9.56. The summed E-state index contributed by atoms with van der Waals surface area (Å²) in [5, 5.41) is 0. The molecule has 0 bridgehead atoms. The van der Waals surface area contributed by atoms with E-state index in [-0.39, 0.29) is 11.6 Å². The monoisotopic (exact) mass is 168 g/mol. The molecule has 0 aliphatic rings. The molecule has 0 aliphatic carbocycles. The molecule has 0 atom stereocenters. The van der Waals surface area contributed by atoms with E-state index in [0.717, 1.165) is 6.42 Å². The van der Waals surface area contributed by atoms with Gasteiger partial charge >= 0.3 is 0 Å². The van der Waals surface area contributed by atoms with E-state index in [2.05, 4.69) is 0 Å². The van der Waals surface area contributed by atoms with Crippen molar-refractivity contribution < 1.29 is 9.59 Å². The number of allylic oxidation sites excluding steroid dienone is 2. The molecule has 0 fully saturated rings. The van der Waals surface area contributed by atoms with Gasteiger partial charge in [-0.15, -0.1) is 0 Å². The first kappa shape index (κ1) is 11.1. The lowest BCUT2D eigenvalue weighted by molar-refractivity contribution is -0.119. The first-order valence-corrected chi connectivity index (χ1v) is 4.33. The Kier molecular flexibility index (Phi) is 5.26. The minimum Gasteiger partial charge on any atom is -0.300 e. The fraction of sp³-hybridized carbons (Fsp3) is 0.600. The molecule has 0 unspecified atom stereocenters. The Balaban J connectivity index is 4.34.